The molecule has 0 amide bonds. The van der Waals surface area contributed by atoms with Crippen LogP contribution in [-0.2, 0) is 4.74 Å². The van der Waals surface area contributed by atoms with Gasteiger partial charge in [0.15, 0.2) is 0 Å². The van der Waals surface area contributed by atoms with E-state index in [1.165, 1.54) is 13.0 Å². The van der Waals surface area contributed by atoms with Crippen molar-refractivity contribution in [3.05, 3.63) is 0 Å². The van der Waals surface area contributed by atoms with Gasteiger partial charge in [0.1, 0.15) is 0 Å². The lowest BCUT2D eigenvalue weighted by Gasteiger charge is -2.28. The molecule has 84 valence electrons. The first-order chi connectivity index (χ1) is 6.77. The zero-order chi connectivity index (χ0) is 10.4. The van der Waals surface area contributed by atoms with Crippen molar-refractivity contribution < 1.29 is 4.74 Å². The van der Waals surface area contributed by atoms with Gasteiger partial charge in [-0.05, 0) is 26.6 Å². The Bertz CT molecular complexity index is 154. The summed E-state index contributed by atoms with van der Waals surface area (Å²) in [4.78, 5) is 4.83. The molecule has 4 heteroatoms. The molecule has 2 N–H and O–H groups in total. The monoisotopic (exact) mass is 201 g/mol. The normalized spacial score (nSPS) is 23.4. The van der Waals surface area contributed by atoms with Crippen molar-refractivity contribution in [2.24, 2.45) is 5.73 Å². The molecular weight excluding hydrogens is 178 g/mol. The third kappa shape index (κ3) is 3.53. The van der Waals surface area contributed by atoms with Gasteiger partial charge in [-0.3, -0.25) is 4.90 Å². The highest BCUT2D eigenvalue weighted by Crippen LogP contribution is 2.05. The summed E-state index contributed by atoms with van der Waals surface area (Å²) >= 11 is 0. The van der Waals surface area contributed by atoms with Gasteiger partial charge in [0.2, 0.25) is 0 Å². The minimum absolute atomic E-state index is 0.395. The lowest BCUT2D eigenvalue weighted by molar-refractivity contribution is 0.0965. The van der Waals surface area contributed by atoms with E-state index in [2.05, 4.69) is 16.8 Å². The molecule has 0 bridgehead atoms. The van der Waals surface area contributed by atoms with Gasteiger partial charge in [-0.1, -0.05) is 0 Å². The van der Waals surface area contributed by atoms with Crippen molar-refractivity contribution in [1.82, 2.24) is 9.80 Å². The second kappa shape index (κ2) is 6.35. The number of methoxy groups -OCH3 is 1. The third-order valence-corrected chi connectivity index (χ3v) is 2.90. The van der Waals surface area contributed by atoms with Crippen LogP contribution in [0.15, 0.2) is 0 Å². The van der Waals surface area contributed by atoms with Crippen LogP contribution in [0.3, 0.4) is 0 Å². The molecule has 1 atom stereocenters. The number of hydrogen-bond donors (Lipinski definition) is 1. The zero-order valence-corrected chi connectivity index (χ0v) is 9.41. The van der Waals surface area contributed by atoms with Crippen LogP contribution in [0.25, 0.3) is 0 Å². The number of likely N-dealkylation sites (N-methyl/N-ethyl adjacent to an activating group) is 1. The molecule has 0 aromatic heterocycles. The van der Waals surface area contributed by atoms with E-state index >= 15 is 0 Å². The molecule has 14 heavy (non-hydrogen) atoms. The van der Waals surface area contributed by atoms with Gasteiger partial charge in [0, 0.05) is 32.8 Å². The Morgan fingerprint density at radius 3 is 2.71 bits per heavy atom. The van der Waals surface area contributed by atoms with Crippen LogP contribution in [0.1, 0.15) is 6.42 Å². The summed E-state index contributed by atoms with van der Waals surface area (Å²) < 4.78 is 5.18. The quantitative estimate of drug-likeness (QED) is 0.672. The third-order valence-electron chi connectivity index (χ3n) is 2.90. The van der Waals surface area contributed by atoms with E-state index < -0.39 is 0 Å². The number of hydrogen-bond acceptors (Lipinski definition) is 4. The highest BCUT2D eigenvalue weighted by molar-refractivity contribution is 4.76. The fourth-order valence-electron chi connectivity index (χ4n) is 1.95. The summed E-state index contributed by atoms with van der Waals surface area (Å²) in [5, 5.41) is 0. The molecule has 1 heterocycles. The summed E-state index contributed by atoms with van der Waals surface area (Å²) in [6.45, 7) is 6.04. The van der Waals surface area contributed by atoms with Gasteiger partial charge in [-0.25, -0.2) is 0 Å². The maximum absolute atomic E-state index is 5.74. The second-order valence-electron chi connectivity index (χ2n) is 4.04. The van der Waals surface area contributed by atoms with Crippen LogP contribution in [0, 0.1) is 0 Å². The van der Waals surface area contributed by atoms with Crippen molar-refractivity contribution in [2.45, 2.75) is 12.5 Å². The molecule has 1 unspecified atom stereocenters. The summed E-state index contributed by atoms with van der Waals surface area (Å²) in [6.07, 6.45) is 1.23. The Hall–Kier alpha value is -0.160. The molecule has 0 spiro atoms. The summed E-state index contributed by atoms with van der Waals surface area (Å²) in [5.41, 5.74) is 5.74. The fraction of sp³-hybridized carbons (Fsp3) is 1.00. The van der Waals surface area contributed by atoms with E-state index in [9.17, 15) is 0 Å². The van der Waals surface area contributed by atoms with Gasteiger partial charge >= 0.3 is 0 Å². The Kier molecular flexibility index (Phi) is 5.40. The topological polar surface area (TPSA) is 41.7 Å². The van der Waals surface area contributed by atoms with Gasteiger partial charge in [0.25, 0.3) is 0 Å². The molecule has 0 saturated carbocycles. The van der Waals surface area contributed by atoms with Gasteiger partial charge in [-0.15, -0.1) is 0 Å². The second-order valence-corrected chi connectivity index (χ2v) is 4.04. The maximum Gasteiger partial charge on any atom is 0.0630 e. The molecule has 4 nitrogen and oxygen atoms in total. The Balaban J connectivity index is 2.40. The summed E-state index contributed by atoms with van der Waals surface area (Å²) in [6, 6.07) is 0.395. The molecule has 1 aliphatic rings. The Morgan fingerprint density at radius 2 is 2.07 bits per heavy atom. The Morgan fingerprint density at radius 1 is 1.29 bits per heavy atom. The van der Waals surface area contributed by atoms with Crippen LogP contribution in [0.2, 0.25) is 0 Å². The molecule has 1 fully saturated rings. The van der Waals surface area contributed by atoms with E-state index in [0.717, 1.165) is 26.2 Å². The average molecular weight is 201 g/mol. The van der Waals surface area contributed by atoms with E-state index in [-0.39, 0.29) is 0 Å². The van der Waals surface area contributed by atoms with E-state index in [1.807, 2.05) is 0 Å². The zero-order valence-electron chi connectivity index (χ0n) is 9.41. The van der Waals surface area contributed by atoms with Gasteiger partial charge < -0.3 is 15.4 Å². The molecular formula is C10H23N3O. The van der Waals surface area contributed by atoms with E-state index in [1.54, 1.807) is 7.11 Å². The molecule has 0 aromatic carbocycles. The van der Waals surface area contributed by atoms with Crippen LogP contribution in [0.5, 0.6) is 0 Å². The molecule has 0 aliphatic carbocycles. The predicted octanol–water partition coefficient (Wildman–Crippen LogP) is -0.402. The summed E-state index contributed by atoms with van der Waals surface area (Å²) in [5.74, 6) is 0. The molecule has 1 saturated heterocycles. The minimum atomic E-state index is 0.395. The van der Waals surface area contributed by atoms with Crippen molar-refractivity contribution in [3.63, 3.8) is 0 Å². The summed E-state index contributed by atoms with van der Waals surface area (Å²) in [7, 11) is 3.92. The fourth-order valence-corrected chi connectivity index (χ4v) is 1.95. The van der Waals surface area contributed by atoms with Crippen molar-refractivity contribution in [2.75, 3.05) is 53.5 Å². The first-order valence-electron chi connectivity index (χ1n) is 5.39. The highest BCUT2D eigenvalue weighted by atomic mass is 16.5. The first kappa shape index (κ1) is 11.9. The van der Waals surface area contributed by atoms with Crippen molar-refractivity contribution in [3.8, 4) is 0 Å². The predicted molar refractivity (Wildman–Crippen MR) is 58.4 cm³/mol. The van der Waals surface area contributed by atoms with Crippen LogP contribution < -0.4 is 5.73 Å². The molecule has 0 aromatic rings. The average Bonchev–Trinajstić information content (AvgIpc) is 2.40. The Labute approximate surface area is 87.0 Å². The number of nitrogens with two attached hydrogens (primary N) is 1. The number of rotatable bonds is 4. The maximum atomic E-state index is 5.74. The smallest absolute Gasteiger partial charge is 0.0630 e. The standard InChI is InChI=1S/C10H23N3O/c1-12-4-3-5-13(7-6-12)10(8-11)9-14-2/h10H,3-9,11H2,1-2H3. The molecule has 0 radical (unpaired) electrons. The highest BCUT2D eigenvalue weighted by Gasteiger charge is 2.19. The molecule has 1 rings (SSSR count). The number of nitrogens with zero attached hydrogens (tertiary/aromatic N) is 2. The van der Waals surface area contributed by atoms with E-state index in [0.29, 0.717) is 12.6 Å². The van der Waals surface area contributed by atoms with Gasteiger partial charge in [-0.2, -0.15) is 0 Å². The van der Waals surface area contributed by atoms with E-state index in [4.69, 9.17) is 10.5 Å². The van der Waals surface area contributed by atoms with Crippen LogP contribution >= 0.6 is 0 Å². The van der Waals surface area contributed by atoms with Crippen molar-refractivity contribution >= 4 is 0 Å². The molecule has 1 aliphatic heterocycles. The van der Waals surface area contributed by atoms with Gasteiger partial charge in [0.05, 0.1) is 6.61 Å². The largest absolute Gasteiger partial charge is 0.383 e. The SMILES string of the molecule is COCC(CN)N1CCCN(C)CC1. The number of ether oxygens (including phenoxy) is 1. The van der Waals surface area contributed by atoms with Crippen LogP contribution in [0.4, 0.5) is 0 Å². The lowest BCUT2D eigenvalue weighted by Crippen LogP contribution is -2.45. The van der Waals surface area contributed by atoms with Crippen molar-refractivity contribution in [1.29, 1.82) is 0 Å². The van der Waals surface area contributed by atoms with Crippen LogP contribution in [-0.4, -0.2) is 69.3 Å². The lowest BCUT2D eigenvalue weighted by atomic mass is 10.2. The minimum Gasteiger partial charge on any atom is -0.383 e. The first-order valence-corrected chi connectivity index (χ1v) is 5.39.